The molecular weight excluding hydrogens is 222 g/mol. The Kier molecular flexibility index (Phi) is 4.01. The van der Waals surface area contributed by atoms with Crippen molar-refractivity contribution in [3.63, 3.8) is 0 Å². The van der Waals surface area contributed by atoms with Crippen molar-refractivity contribution in [2.45, 2.75) is 39.7 Å². The van der Waals surface area contributed by atoms with E-state index >= 15 is 0 Å². The number of carboxylic acids is 1. The van der Waals surface area contributed by atoms with E-state index in [1.54, 1.807) is 4.90 Å². The number of rotatable bonds is 1. The van der Waals surface area contributed by atoms with Crippen LogP contribution in [0.3, 0.4) is 0 Å². The molecule has 1 fully saturated rings. The maximum absolute atomic E-state index is 11.8. The number of aliphatic carboxylic acids is 1. The van der Waals surface area contributed by atoms with E-state index < -0.39 is 17.5 Å². The van der Waals surface area contributed by atoms with E-state index in [0.29, 0.717) is 19.5 Å². The molecule has 2 atom stereocenters. The molecule has 1 rings (SSSR count). The van der Waals surface area contributed by atoms with Crippen LogP contribution in [0.4, 0.5) is 4.79 Å². The highest BCUT2D eigenvalue weighted by Gasteiger charge is 2.31. The summed E-state index contributed by atoms with van der Waals surface area (Å²) in [5.74, 6) is -1.59. The second kappa shape index (κ2) is 4.94. The van der Waals surface area contributed by atoms with Crippen LogP contribution in [0.1, 0.15) is 34.1 Å². The zero-order valence-electron chi connectivity index (χ0n) is 10.9. The van der Waals surface area contributed by atoms with Gasteiger partial charge in [-0.25, -0.2) is 4.79 Å². The van der Waals surface area contributed by atoms with Gasteiger partial charge in [0.2, 0.25) is 0 Å². The summed E-state index contributed by atoms with van der Waals surface area (Å²) in [5.41, 5.74) is -0.522. The Bertz CT molecular complexity index is 308. The van der Waals surface area contributed by atoms with Gasteiger partial charge >= 0.3 is 6.09 Å². The largest absolute Gasteiger partial charge is 0.550 e. The summed E-state index contributed by atoms with van der Waals surface area (Å²) in [4.78, 5) is 24.2. The molecule has 0 bridgehead atoms. The maximum Gasteiger partial charge on any atom is 0.410 e. The first-order valence-electron chi connectivity index (χ1n) is 5.89. The molecule has 0 N–H and O–H groups in total. The molecule has 98 valence electrons. The molecule has 5 nitrogen and oxygen atoms in total. The van der Waals surface area contributed by atoms with Crippen LogP contribution < -0.4 is 5.11 Å². The third kappa shape index (κ3) is 3.91. The van der Waals surface area contributed by atoms with Gasteiger partial charge in [-0.2, -0.15) is 0 Å². The molecule has 0 aliphatic carbocycles. The number of carbonyl (C=O) groups excluding carboxylic acids is 2. The smallest absolute Gasteiger partial charge is 0.410 e. The van der Waals surface area contributed by atoms with E-state index in [-0.39, 0.29) is 12.0 Å². The summed E-state index contributed by atoms with van der Waals surface area (Å²) >= 11 is 0. The molecule has 17 heavy (non-hydrogen) atoms. The molecule has 1 heterocycles. The number of amides is 1. The lowest BCUT2D eigenvalue weighted by molar-refractivity contribution is -0.314. The van der Waals surface area contributed by atoms with Gasteiger partial charge in [-0.3, -0.25) is 0 Å². The van der Waals surface area contributed by atoms with Crippen LogP contribution in [0.25, 0.3) is 0 Å². The molecule has 5 heteroatoms. The van der Waals surface area contributed by atoms with Gasteiger partial charge in [0, 0.05) is 25.0 Å². The van der Waals surface area contributed by atoms with E-state index in [0.717, 1.165) is 0 Å². The minimum absolute atomic E-state index is 0.0960. The van der Waals surface area contributed by atoms with Gasteiger partial charge in [0.05, 0.1) is 0 Å². The topological polar surface area (TPSA) is 69.7 Å². The molecular formula is C12H20NO4-. The number of carboxylic acid groups (broad SMARTS) is 1. The molecule has 0 saturated carbocycles. The average Bonchev–Trinajstić information content (AvgIpc) is 2.14. The van der Waals surface area contributed by atoms with Crippen LogP contribution in [0, 0.1) is 11.8 Å². The second-order valence-corrected chi connectivity index (χ2v) is 5.62. The lowest BCUT2D eigenvalue weighted by Crippen LogP contribution is -2.49. The van der Waals surface area contributed by atoms with Crippen LogP contribution in [0.5, 0.6) is 0 Å². The van der Waals surface area contributed by atoms with Crippen molar-refractivity contribution >= 4 is 12.1 Å². The minimum atomic E-state index is -1.03. The van der Waals surface area contributed by atoms with Gasteiger partial charge < -0.3 is 19.5 Å². The standard InChI is InChI=1S/C12H21NO4/c1-8-7-13(6-5-9(8)10(14)15)11(16)17-12(2,3)4/h8-9H,5-7H2,1-4H3,(H,14,15)/p-1/t8-,9-/m0/s1. The highest BCUT2D eigenvalue weighted by atomic mass is 16.6. The fourth-order valence-electron chi connectivity index (χ4n) is 1.99. The Morgan fingerprint density at radius 3 is 2.35 bits per heavy atom. The van der Waals surface area contributed by atoms with Crippen molar-refractivity contribution in [3.8, 4) is 0 Å². The molecule has 1 saturated heterocycles. The summed E-state index contributed by atoms with van der Waals surface area (Å²) in [6.07, 6.45) is 0.0593. The molecule has 0 aromatic heterocycles. The van der Waals surface area contributed by atoms with E-state index in [1.165, 1.54) is 0 Å². The van der Waals surface area contributed by atoms with Gasteiger partial charge in [-0.05, 0) is 33.1 Å². The van der Waals surface area contributed by atoms with Gasteiger partial charge in [0.25, 0.3) is 0 Å². The van der Waals surface area contributed by atoms with Crippen molar-refractivity contribution in [1.82, 2.24) is 4.90 Å². The molecule has 1 amide bonds. The second-order valence-electron chi connectivity index (χ2n) is 5.62. The zero-order valence-corrected chi connectivity index (χ0v) is 10.9. The molecule has 0 radical (unpaired) electrons. The lowest BCUT2D eigenvalue weighted by atomic mass is 9.87. The number of nitrogens with zero attached hydrogens (tertiary/aromatic N) is 1. The summed E-state index contributed by atoms with van der Waals surface area (Å²) < 4.78 is 5.25. The van der Waals surface area contributed by atoms with Crippen molar-refractivity contribution in [1.29, 1.82) is 0 Å². The summed E-state index contributed by atoms with van der Waals surface area (Å²) in [7, 11) is 0. The van der Waals surface area contributed by atoms with Gasteiger partial charge in [-0.15, -0.1) is 0 Å². The highest BCUT2D eigenvalue weighted by molar-refractivity contribution is 5.71. The molecule has 0 aromatic carbocycles. The number of piperidine rings is 1. The predicted molar refractivity (Wildman–Crippen MR) is 60.1 cm³/mol. The molecule has 1 aliphatic heterocycles. The SMILES string of the molecule is C[C@H]1CN(C(=O)OC(C)(C)C)CC[C@@H]1C(=O)[O-]. The van der Waals surface area contributed by atoms with Crippen LogP contribution in [0.2, 0.25) is 0 Å². The monoisotopic (exact) mass is 242 g/mol. The third-order valence-corrected chi connectivity index (χ3v) is 2.86. The Morgan fingerprint density at radius 1 is 1.35 bits per heavy atom. The third-order valence-electron chi connectivity index (χ3n) is 2.86. The van der Waals surface area contributed by atoms with Crippen molar-refractivity contribution in [2.24, 2.45) is 11.8 Å². The van der Waals surface area contributed by atoms with Crippen LogP contribution in [-0.2, 0) is 9.53 Å². The fourth-order valence-corrected chi connectivity index (χ4v) is 1.99. The van der Waals surface area contributed by atoms with Crippen LogP contribution in [-0.4, -0.2) is 35.7 Å². The summed E-state index contributed by atoms with van der Waals surface area (Å²) in [6, 6.07) is 0. The van der Waals surface area contributed by atoms with Gasteiger partial charge in [0.1, 0.15) is 5.60 Å². The first-order valence-corrected chi connectivity index (χ1v) is 5.89. The normalized spacial score (nSPS) is 25.5. The molecule has 0 spiro atoms. The Morgan fingerprint density at radius 2 is 1.94 bits per heavy atom. The average molecular weight is 242 g/mol. The van der Waals surface area contributed by atoms with Gasteiger partial charge in [0.15, 0.2) is 0 Å². The van der Waals surface area contributed by atoms with Crippen LogP contribution in [0.15, 0.2) is 0 Å². The first kappa shape index (κ1) is 13.8. The van der Waals surface area contributed by atoms with E-state index in [1.807, 2.05) is 27.7 Å². The van der Waals surface area contributed by atoms with Gasteiger partial charge in [-0.1, -0.05) is 6.92 Å². The van der Waals surface area contributed by atoms with Crippen molar-refractivity contribution < 1.29 is 19.4 Å². The zero-order chi connectivity index (χ0) is 13.2. The maximum atomic E-state index is 11.8. The Balaban J connectivity index is 2.55. The number of likely N-dealkylation sites (tertiary alicyclic amines) is 1. The summed E-state index contributed by atoms with van der Waals surface area (Å²) in [6.45, 7) is 8.06. The fraction of sp³-hybridized carbons (Fsp3) is 0.833. The Hall–Kier alpha value is -1.26. The Labute approximate surface area is 102 Å². The quantitative estimate of drug-likeness (QED) is 0.676. The van der Waals surface area contributed by atoms with E-state index in [9.17, 15) is 14.7 Å². The minimum Gasteiger partial charge on any atom is -0.550 e. The molecule has 0 aromatic rings. The number of hydrogen-bond donors (Lipinski definition) is 0. The van der Waals surface area contributed by atoms with E-state index in [2.05, 4.69) is 0 Å². The molecule has 1 aliphatic rings. The summed E-state index contributed by atoms with van der Waals surface area (Å²) in [5, 5.41) is 10.8. The number of carbonyl (C=O) groups is 2. The number of hydrogen-bond acceptors (Lipinski definition) is 4. The first-order chi connectivity index (χ1) is 7.70. The lowest BCUT2D eigenvalue weighted by Gasteiger charge is -2.37. The van der Waals surface area contributed by atoms with Crippen molar-refractivity contribution in [2.75, 3.05) is 13.1 Å². The van der Waals surface area contributed by atoms with Crippen molar-refractivity contribution in [3.05, 3.63) is 0 Å². The van der Waals surface area contributed by atoms with Crippen LogP contribution >= 0.6 is 0 Å². The molecule has 0 unspecified atom stereocenters. The van der Waals surface area contributed by atoms with E-state index in [4.69, 9.17) is 4.74 Å². The predicted octanol–water partition coefficient (Wildman–Crippen LogP) is 0.629. The highest BCUT2D eigenvalue weighted by Crippen LogP contribution is 2.24. The number of ether oxygens (including phenoxy) is 1.